The Hall–Kier alpha value is -1.37. The Bertz CT molecular complexity index is 268. The Morgan fingerprint density at radius 1 is 1.64 bits per heavy atom. The lowest BCUT2D eigenvalue weighted by molar-refractivity contribution is -0.140. The van der Waals surface area contributed by atoms with Gasteiger partial charge in [0.05, 0.1) is 6.07 Å². The van der Waals surface area contributed by atoms with Crippen LogP contribution in [0.25, 0.3) is 0 Å². The maximum atomic E-state index is 10.4. The average Bonchev–Trinajstić information content (AvgIpc) is 2.18. The summed E-state index contributed by atoms with van der Waals surface area (Å²) in [6.45, 7) is 1.32. The van der Waals surface area contributed by atoms with Crippen molar-refractivity contribution in [3.05, 3.63) is 0 Å². The summed E-state index contributed by atoms with van der Waals surface area (Å²) in [5.41, 5.74) is 0. The minimum atomic E-state index is -0.408. The number of nitrogens with zero attached hydrogens (tertiary/aromatic N) is 2. The highest BCUT2D eigenvalue weighted by Crippen LogP contribution is 2.27. The maximum Gasteiger partial charge on any atom is 0.331 e. The zero-order valence-electron chi connectivity index (χ0n) is 8.27. The molecule has 76 valence electrons. The molecule has 0 radical (unpaired) electrons. The summed E-state index contributed by atoms with van der Waals surface area (Å²) in [6.07, 6.45) is 5.54. The number of hydrogen-bond donors (Lipinski definition) is 0. The SMILES string of the molecule is CC(=O)ON=CC1CCCC(C#N)C1. The van der Waals surface area contributed by atoms with Crippen molar-refractivity contribution in [2.24, 2.45) is 17.0 Å². The second-order valence-corrected chi connectivity index (χ2v) is 3.59. The largest absolute Gasteiger partial charge is 0.331 e. The fourth-order valence-corrected chi connectivity index (χ4v) is 1.67. The molecular weight excluding hydrogens is 180 g/mol. The van der Waals surface area contributed by atoms with Crippen LogP contribution in [0.4, 0.5) is 0 Å². The van der Waals surface area contributed by atoms with Gasteiger partial charge in [-0.15, -0.1) is 0 Å². The fraction of sp³-hybridized carbons (Fsp3) is 0.700. The van der Waals surface area contributed by atoms with Gasteiger partial charge in [-0.1, -0.05) is 11.6 Å². The lowest BCUT2D eigenvalue weighted by atomic mass is 9.83. The van der Waals surface area contributed by atoms with E-state index in [0.717, 1.165) is 25.7 Å². The second kappa shape index (κ2) is 5.38. The van der Waals surface area contributed by atoms with E-state index in [9.17, 15) is 4.79 Å². The summed E-state index contributed by atoms with van der Waals surface area (Å²) < 4.78 is 0. The Labute approximate surface area is 83.5 Å². The Kier molecular flexibility index (Phi) is 4.11. The first-order chi connectivity index (χ1) is 6.72. The quantitative estimate of drug-likeness (QED) is 0.383. The van der Waals surface area contributed by atoms with E-state index in [1.54, 1.807) is 6.21 Å². The molecule has 0 aromatic heterocycles. The molecule has 0 amide bonds. The van der Waals surface area contributed by atoms with Gasteiger partial charge in [-0.2, -0.15) is 5.26 Å². The van der Waals surface area contributed by atoms with Crippen LogP contribution in [0.3, 0.4) is 0 Å². The van der Waals surface area contributed by atoms with Crippen LogP contribution >= 0.6 is 0 Å². The van der Waals surface area contributed by atoms with Crippen molar-refractivity contribution < 1.29 is 9.63 Å². The zero-order valence-corrected chi connectivity index (χ0v) is 8.27. The molecule has 1 saturated carbocycles. The molecule has 1 rings (SSSR count). The van der Waals surface area contributed by atoms with Crippen molar-refractivity contribution in [2.45, 2.75) is 32.6 Å². The van der Waals surface area contributed by atoms with Gasteiger partial charge < -0.3 is 4.84 Å². The molecule has 0 saturated heterocycles. The van der Waals surface area contributed by atoms with E-state index < -0.39 is 5.97 Å². The number of hydrogen-bond acceptors (Lipinski definition) is 4. The first-order valence-corrected chi connectivity index (χ1v) is 4.83. The average molecular weight is 194 g/mol. The Morgan fingerprint density at radius 3 is 3.07 bits per heavy atom. The van der Waals surface area contributed by atoms with Crippen LogP contribution < -0.4 is 0 Å². The molecule has 4 heteroatoms. The van der Waals surface area contributed by atoms with Crippen molar-refractivity contribution >= 4 is 12.2 Å². The molecule has 0 spiro atoms. The molecule has 1 aliphatic rings. The normalized spacial score (nSPS) is 27.1. The molecule has 2 atom stereocenters. The number of carbonyl (C=O) groups is 1. The van der Waals surface area contributed by atoms with Crippen LogP contribution in [0.1, 0.15) is 32.6 Å². The predicted molar refractivity (Wildman–Crippen MR) is 51.3 cm³/mol. The van der Waals surface area contributed by atoms with Crippen molar-refractivity contribution in [1.29, 1.82) is 5.26 Å². The fourth-order valence-electron chi connectivity index (χ4n) is 1.67. The van der Waals surface area contributed by atoms with Crippen LogP contribution in [0, 0.1) is 23.2 Å². The number of oxime groups is 1. The molecule has 1 aliphatic carbocycles. The molecule has 0 aromatic rings. The van der Waals surface area contributed by atoms with E-state index >= 15 is 0 Å². The van der Waals surface area contributed by atoms with Gasteiger partial charge in [-0.05, 0) is 25.2 Å². The molecule has 4 nitrogen and oxygen atoms in total. The summed E-state index contributed by atoms with van der Waals surface area (Å²) >= 11 is 0. The van der Waals surface area contributed by atoms with Gasteiger partial charge in [0.15, 0.2) is 0 Å². The molecule has 0 N–H and O–H groups in total. The Balaban J connectivity index is 2.34. The van der Waals surface area contributed by atoms with Gasteiger partial charge in [0.1, 0.15) is 0 Å². The molecule has 2 unspecified atom stereocenters. The third-order valence-corrected chi connectivity index (χ3v) is 2.35. The summed E-state index contributed by atoms with van der Waals surface area (Å²) in [5.74, 6) is 0.0131. The number of carbonyl (C=O) groups excluding carboxylic acids is 1. The van der Waals surface area contributed by atoms with Gasteiger partial charge in [-0.25, -0.2) is 4.79 Å². The lowest BCUT2D eigenvalue weighted by Crippen LogP contribution is -2.15. The molecule has 14 heavy (non-hydrogen) atoms. The number of rotatable bonds is 2. The van der Waals surface area contributed by atoms with Crippen LogP contribution in [0.5, 0.6) is 0 Å². The van der Waals surface area contributed by atoms with Crippen molar-refractivity contribution in [1.82, 2.24) is 0 Å². The zero-order chi connectivity index (χ0) is 10.4. The first-order valence-electron chi connectivity index (χ1n) is 4.83. The van der Waals surface area contributed by atoms with Gasteiger partial charge in [0.2, 0.25) is 0 Å². The summed E-state index contributed by atoms with van der Waals surface area (Å²) in [7, 11) is 0. The molecule has 0 aromatic carbocycles. The summed E-state index contributed by atoms with van der Waals surface area (Å²) in [5, 5.41) is 12.3. The minimum absolute atomic E-state index is 0.137. The molecule has 0 bridgehead atoms. The topological polar surface area (TPSA) is 62.4 Å². The maximum absolute atomic E-state index is 10.4. The molecule has 0 aliphatic heterocycles. The standard InChI is InChI=1S/C10H14N2O2/c1-8(13)14-12-7-10-4-2-3-9(5-10)6-11/h7,9-10H,2-5H2,1H3. The Morgan fingerprint density at radius 2 is 2.43 bits per heavy atom. The summed E-state index contributed by atoms with van der Waals surface area (Å²) in [6, 6.07) is 2.26. The van der Waals surface area contributed by atoms with E-state index in [2.05, 4.69) is 16.1 Å². The van der Waals surface area contributed by atoms with Gasteiger partial charge in [0.25, 0.3) is 0 Å². The highest BCUT2D eigenvalue weighted by molar-refractivity contribution is 5.67. The number of nitriles is 1. The van der Waals surface area contributed by atoms with Crippen molar-refractivity contribution in [2.75, 3.05) is 0 Å². The monoisotopic (exact) mass is 194 g/mol. The summed E-state index contributed by atoms with van der Waals surface area (Å²) in [4.78, 5) is 14.9. The van der Waals surface area contributed by atoms with Crippen LogP contribution in [0.2, 0.25) is 0 Å². The van der Waals surface area contributed by atoms with Crippen molar-refractivity contribution in [3.63, 3.8) is 0 Å². The third-order valence-electron chi connectivity index (χ3n) is 2.35. The highest BCUT2D eigenvalue weighted by atomic mass is 16.7. The van der Waals surface area contributed by atoms with E-state index in [1.807, 2.05) is 0 Å². The minimum Gasteiger partial charge on any atom is -0.319 e. The van der Waals surface area contributed by atoms with E-state index in [-0.39, 0.29) is 11.8 Å². The molecular formula is C10H14N2O2. The smallest absolute Gasteiger partial charge is 0.319 e. The first kappa shape index (κ1) is 10.7. The predicted octanol–water partition coefficient (Wildman–Crippen LogP) is 1.87. The van der Waals surface area contributed by atoms with Crippen molar-refractivity contribution in [3.8, 4) is 6.07 Å². The second-order valence-electron chi connectivity index (χ2n) is 3.59. The van der Waals surface area contributed by atoms with E-state index in [4.69, 9.17) is 5.26 Å². The lowest BCUT2D eigenvalue weighted by Gasteiger charge is -2.21. The highest BCUT2D eigenvalue weighted by Gasteiger charge is 2.20. The molecule has 0 heterocycles. The van der Waals surface area contributed by atoms with Gasteiger partial charge >= 0.3 is 5.97 Å². The van der Waals surface area contributed by atoms with Crippen LogP contribution in [-0.4, -0.2) is 12.2 Å². The third kappa shape index (κ3) is 3.56. The van der Waals surface area contributed by atoms with Gasteiger partial charge in [-0.3, -0.25) is 0 Å². The van der Waals surface area contributed by atoms with Crippen LogP contribution in [-0.2, 0) is 9.63 Å². The molecule has 1 fully saturated rings. The van der Waals surface area contributed by atoms with Gasteiger partial charge in [0, 0.05) is 19.1 Å². The van der Waals surface area contributed by atoms with E-state index in [1.165, 1.54) is 6.92 Å². The van der Waals surface area contributed by atoms with Crippen LogP contribution in [0.15, 0.2) is 5.16 Å². The van der Waals surface area contributed by atoms with E-state index in [0.29, 0.717) is 0 Å².